The molecule has 0 amide bonds. The van der Waals surface area contributed by atoms with Gasteiger partial charge in [0.25, 0.3) is 5.56 Å². The van der Waals surface area contributed by atoms with Crippen molar-refractivity contribution in [3.63, 3.8) is 0 Å². The summed E-state index contributed by atoms with van der Waals surface area (Å²) in [6.07, 6.45) is 3.70. The Hall–Kier alpha value is -5.21. The molecule has 0 spiro atoms. The van der Waals surface area contributed by atoms with Crippen molar-refractivity contribution in [1.82, 2.24) is 24.4 Å². The highest BCUT2D eigenvalue weighted by Gasteiger charge is 2.15. The van der Waals surface area contributed by atoms with E-state index in [1.165, 1.54) is 4.52 Å². The fraction of sp³-hybridized carbons (Fsp3) is 0. The van der Waals surface area contributed by atoms with Gasteiger partial charge in [0.05, 0.1) is 10.2 Å². The van der Waals surface area contributed by atoms with Crippen molar-refractivity contribution in [2.24, 2.45) is 0 Å². The zero-order valence-corrected chi connectivity index (χ0v) is 21.2. The maximum atomic E-state index is 13.4. The van der Waals surface area contributed by atoms with Crippen molar-refractivity contribution in [3.8, 4) is 28.2 Å². The molecule has 0 saturated carbocycles. The van der Waals surface area contributed by atoms with Crippen LogP contribution in [0.5, 0.6) is 0 Å². The summed E-state index contributed by atoms with van der Waals surface area (Å²) in [4.78, 5) is 30.6. The smallest absolute Gasteiger partial charge is 0.266 e. The van der Waals surface area contributed by atoms with Gasteiger partial charge in [-0.25, -0.2) is 4.68 Å². The van der Waals surface area contributed by atoms with Crippen LogP contribution in [0.15, 0.2) is 119 Å². The monoisotopic (exact) mass is 525 g/mol. The first-order chi connectivity index (χ1) is 19.1. The predicted octanol–water partition coefficient (Wildman–Crippen LogP) is 4.73. The van der Waals surface area contributed by atoms with Crippen LogP contribution in [0.4, 0.5) is 0 Å². The molecule has 0 fully saturated rings. The Morgan fingerprint density at radius 3 is 2.21 bits per heavy atom. The van der Waals surface area contributed by atoms with Gasteiger partial charge in [-0.15, -0.1) is 0 Å². The zero-order chi connectivity index (χ0) is 26.3. The maximum absolute atomic E-state index is 13.4. The summed E-state index contributed by atoms with van der Waals surface area (Å²) >= 11 is 1.13. The maximum Gasteiger partial charge on any atom is 0.300 e. The van der Waals surface area contributed by atoms with Crippen molar-refractivity contribution in [2.45, 2.75) is 0 Å². The number of nitrogens with zero attached hydrogens (tertiary/aromatic N) is 5. The molecule has 0 atom stereocenters. The van der Waals surface area contributed by atoms with Crippen LogP contribution in [0.3, 0.4) is 0 Å². The predicted molar refractivity (Wildman–Crippen MR) is 154 cm³/mol. The normalized spacial score (nSPS) is 11.9. The lowest BCUT2D eigenvalue weighted by Crippen LogP contribution is -2.26. The Bertz CT molecular complexity index is 2170. The summed E-state index contributed by atoms with van der Waals surface area (Å²) in [5.41, 5.74) is 3.29. The Balaban J connectivity index is 1.43. The third-order valence-electron chi connectivity index (χ3n) is 6.51. The number of hydrogen-bond acceptors (Lipinski definition) is 6. The summed E-state index contributed by atoms with van der Waals surface area (Å²) in [5, 5.41) is 11.5. The number of benzene rings is 4. The topological polar surface area (TPSA) is 82.1 Å². The molecule has 7 aromatic rings. The van der Waals surface area contributed by atoms with E-state index >= 15 is 0 Å². The van der Waals surface area contributed by atoms with Gasteiger partial charge >= 0.3 is 5.56 Å². The lowest BCUT2D eigenvalue weighted by Gasteiger charge is -2.03. The molecule has 0 bridgehead atoms. The molecule has 7 rings (SSSR count). The number of aromatic nitrogens is 5. The fourth-order valence-corrected chi connectivity index (χ4v) is 5.49. The molecule has 0 N–H and O–H groups in total. The quantitative estimate of drug-likeness (QED) is 0.332. The summed E-state index contributed by atoms with van der Waals surface area (Å²) in [7, 11) is 0. The Morgan fingerprint density at radius 2 is 1.41 bits per heavy atom. The van der Waals surface area contributed by atoms with Crippen molar-refractivity contribution < 1.29 is 0 Å². The number of thiazole rings is 1. The molecule has 7 nitrogen and oxygen atoms in total. The molecule has 39 heavy (non-hydrogen) atoms. The molecular weight excluding hydrogens is 506 g/mol. The summed E-state index contributed by atoms with van der Waals surface area (Å²) < 4.78 is 3.42. The first-order valence-corrected chi connectivity index (χ1v) is 13.1. The summed E-state index contributed by atoms with van der Waals surface area (Å²) in [5.74, 6) is 0. The van der Waals surface area contributed by atoms with Gasteiger partial charge in [-0.3, -0.25) is 9.59 Å². The van der Waals surface area contributed by atoms with Gasteiger partial charge in [0, 0.05) is 22.9 Å². The lowest BCUT2D eigenvalue weighted by atomic mass is 10.0. The highest BCUT2D eigenvalue weighted by atomic mass is 32.1. The minimum absolute atomic E-state index is 0.142. The van der Waals surface area contributed by atoms with Crippen LogP contribution in [0, 0.1) is 0 Å². The van der Waals surface area contributed by atoms with E-state index in [1.54, 1.807) is 22.9 Å². The van der Waals surface area contributed by atoms with E-state index in [9.17, 15) is 9.59 Å². The molecular formula is C31H19N5O2S. The average molecular weight is 526 g/mol. The number of hydrogen-bond donors (Lipinski definition) is 0. The van der Waals surface area contributed by atoms with Crippen LogP contribution in [0.1, 0.15) is 5.56 Å². The second kappa shape index (κ2) is 9.27. The van der Waals surface area contributed by atoms with Gasteiger partial charge in [-0.1, -0.05) is 96.3 Å². The second-order valence-corrected chi connectivity index (χ2v) is 10.0. The van der Waals surface area contributed by atoms with Crippen molar-refractivity contribution in [2.75, 3.05) is 0 Å². The van der Waals surface area contributed by atoms with E-state index < -0.39 is 5.56 Å². The molecule has 0 aliphatic heterocycles. The third kappa shape index (κ3) is 4.13. The van der Waals surface area contributed by atoms with E-state index in [1.807, 2.05) is 72.9 Å². The molecule has 186 valence electrons. The molecule has 0 unspecified atom stereocenters. The van der Waals surface area contributed by atoms with E-state index in [2.05, 4.69) is 34.3 Å². The van der Waals surface area contributed by atoms with Gasteiger partial charge < -0.3 is 0 Å². The average Bonchev–Trinajstić information content (AvgIpc) is 3.54. The minimum Gasteiger partial charge on any atom is -0.266 e. The van der Waals surface area contributed by atoms with Crippen molar-refractivity contribution in [3.05, 3.63) is 140 Å². The molecule has 0 saturated heterocycles. The number of para-hydroxylation sites is 1. The molecule has 4 aromatic carbocycles. The van der Waals surface area contributed by atoms with Crippen LogP contribution in [-0.4, -0.2) is 24.4 Å². The highest BCUT2D eigenvalue weighted by Crippen LogP contribution is 2.28. The summed E-state index contributed by atoms with van der Waals surface area (Å²) in [6.45, 7) is 0. The summed E-state index contributed by atoms with van der Waals surface area (Å²) in [6, 6.07) is 33.2. The van der Waals surface area contributed by atoms with Crippen molar-refractivity contribution in [1.29, 1.82) is 0 Å². The van der Waals surface area contributed by atoms with E-state index in [0.717, 1.165) is 44.6 Å². The van der Waals surface area contributed by atoms with Gasteiger partial charge in [0.1, 0.15) is 5.69 Å². The van der Waals surface area contributed by atoms with Crippen LogP contribution < -0.4 is 15.7 Å². The highest BCUT2D eigenvalue weighted by molar-refractivity contribution is 7.15. The van der Waals surface area contributed by atoms with Crippen molar-refractivity contribution >= 4 is 33.1 Å². The second-order valence-electron chi connectivity index (χ2n) is 9.02. The van der Waals surface area contributed by atoms with Crippen LogP contribution >= 0.6 is 11.3 Å². The van der Waals surface area contributed by atoms with Gasteiger partial charge in [0.2, 0.25) is 4.96 Å². The van der Waals surface area contributed by atoms with Gasteiger partial charge in [-0.05, 0) is 35.0 Å². The molecule has 0 aliphatic rings. The standard InChI is InChI=1S/C31H19N5O2S/c37-29-28(21-10-3-1-4-11-21)34-36-30(38)26(39-31(36)32-29)18-24-19-35(25-13-5-2-6-14-25)33-27(24)23-16-15-20-9-7-8-12-22(20)17-23/h1-19H. The zero-order valence-electron chi connectivity index (χ0n) is 20.4. The number of rotatable bonds is 4. The fourth-order valence-electron chi connectivity index (χ4n) is 4.59. The SMILES string of the molecule is O=c1nc2sc(=Cc3cn(-c4ccccc4)nc3-c3ccc4ccccc4c3)c(=O)n2nc1-c1ccccc1. The molecule has 3 heterocycles. The Morgan fingerprint density at radius 1 is 0.692 bits per heavy atom. The van der Waals surface area contributed by atoms with Crippen LogP contribution in [0.25, 0.3) is 50.0 Å². The third-order valence-corrected chi connectivity index (χ3v) is 7.46. The van der Waals surface area contributed by atoms with Crippen LogP contribution in [-0.2, 0) is 0 Å². The van der Waals surface area contributed by atoms with E-state index in [4.69, 9.17) is 5.10 Å². The first-order valence-electron chi connectivity index (χ1n) is 12.3. The first kappa shape index (κ1) is 22.9. The lowest BCUT2D eigenvalue weighted by molar-refractivity contribution is 0.873. The Labute approximate surface area is 225 Å². The van der Waals surface area contributed by atoms with Gasteiger partial charge in [-0.2, -0.15) is 19.7 Å². The van der Waals surface area contributed by atoms with E-state index in [-0.39, 0.29) is 16.2 Å². The largest absolute Gasteiger partial charge is 0.300 e. The Kier molecular flexibility index (Phi) is 5.45. The molecule has 0 aliphatic carbocycles. The van der Waals surface area contributed by atoms with E-state index in [0.29, 0.717) is 10.1 Å². The molecule has 8 heteroatoms. The van der Waals surface area contributed by atoms with Crippen LogP contribution in [0.2, 0.25) is 0 Å². The molecule has 3 aromatic heterocycles. The molecule has 0 radical (unpaired) electrons. The van der Waals surface area contributed by atoms with Gasteiger partial charge in [0.15, 0.2) is 5.69 Å². The number of fused-ring (bicyclic) bond motifs is 2. The minimum atomic E-state index is -0.470.